The maximum atomic E-state index is 2.42. The van der Waals surface area contributed by atoms with Gasteiger partial charge in [0.25, 0.3) is 0 Å². The Hall–Kier alpha value is -4.62. The van der Waals surface area contributed by atoms with Crippen LogP contribution in [0.4, 0.5) is 17.1 Å². The molecule has 2 heteroatoms. The van der Waals surface area contributed by atoms with Gasteiger partial charge in [0.2, 0.25) is 0 Å². The van der Waals surface area contributed by atoms with Crippen LogP contribution in [0.3, 0.4) is 0 Å². The van der Waals surface area contributed by atoms with E-state index in [1.54, 1.807) is 0 Å². The van der Waals surface area contributed by atoms with Crippen molar-refractivity contribution in [2.24, 2.45) is 0 Å². The Kier molecular flexibility index (Phi) is 5.55. The molecule has 0 N–H and O–H groups in total. The first-order valence-corrected chi connectivity index (χ1v) is 15.3. The molecular formula is C38H25NSe. The number of anilines is 3. The minimum atomic E-state index is 0.266. The number of benzene rings is 7. The van der Waals surface area contributed by atoms with E-state index >= 15 is 0 Å². The van der Waals surface area contributed by atoms with Crippen molar-refractivity contribution in [2.45, 2.75) is 0 Å². The predicted molar refractivity (Wildman–Crippen MR) is 174 cm³/mol. The molecule has 0 amide bonds. The SMILES string of the molecule is c1ccc(-c2ccc(N(c3ccccc3)c3cc4ccccc4c4c3ccc3c5ccccc5[se]c34)cc2)cc1. The van der Waals surface area contributed by atoms with Gasteiger partial charge in [0, 0.05) is 0 Å². The summed E-state index contributed by atoms with van der Waals surface area (Å²) < 4.78 is 2.97. The molecule has 7 aromatic carbocycles. The molecule has 0 aliphatic rings. The number of rotatable bonds is 4. The Morgan fingerprint density at radius 1 is 0.425 bits per heavy atom. The van der Waals surface area contributed by atoms with Crippen LogP contribution < -0.4 is 4.90 Å². The first-order chi connectivity index (χ1) is 19.8. The zero-order valence-electron chi connectivity index (χ0n) is 21.8. The zero-order chi connectivity index (χ0) is 26.5. The van der Waals surface area contributed by atoms with Gasteiger partial charge in [0.1, 0.15) is 0 Å². The van der Waals surface area contributed by atoms with Gasteiger partial charge in [-0.1, -0.05) is 6.07 Å². The molecule has 0 radical (unpaired) electrons. The van der Waals surface area contributed by atoms with Gasteiger partial charge in [0.05, 0.1) is 0 Å². The van der Waals surface area contributed by atoms with E-state index in [4.69, 9.17) is 0 Å². The first-order valence-electron chi connectivity index (χ1n) is 13.6. The Balaban J connectivity index is 1.43. The number of hydrogen-bond donors (Lipinski definition) is 0. The summed E-state index contributed by atoms with van der Waals surface area (Å²) >= 11 is 0.266. The van der Waals surface area contributed by atoms with Crippen LogP contribution in [0, 0.1) is 0 Å². The summed E-state index contributed by atoms with van der Waals surface area (Å²) in [5, 5.41) is 8.08. The summed E-state index contributed by atoms with van der Waals surface area (Å²) in [5.41, 5.74) is 5.97. The van der Waals surface area contributed by atoms with Gasteiger partial charge in [-0.2, -0.15) is 0 Å². The number of fused-ring (bicyclic) bond motifs is 7. The zero-order valence-corrected chi connectivity index (χ0v) is 23.5. The van der Waals surface area contributed by atoms with Crippen LogP contribution >= 0.6 is 0 Å². The average Bonchev–Trinajstić information content (AvgIpc) is 3.41. The summed E-state index contributed by atoms with van der Waals surface area (Å²) in [4.78, 5) is 2.42. The van der Waals surface area contributed by atoms with Crippen molar-refractivity contribution in [3.8, 4) is 11.1 Å². The molecule has 8 rings (SSSR count). The Morgan fingerprint density at radius 2 is 1.02 bits per heavy atom. The third-order valence-corrected chi connectivity index (χ3v) is 10.4. The van der Waals surface area contributed by atoms with Crippen molar-refractivity contribution in [2.75, 3.05) is 4.90 Å². The molecule has 0 spiro atoms. The molecule has 0 unspecified atom stereocenters. The van der Waals surface area contributed by atoms with E-state index < -0.39 is 0 Å². The van der Waals surface area contributed by atoms with Crippen molar-refractivity contribution < 1.29 is 0 Å². The fourth-order valence-corrected chi connectivity index (χ4v) is 8.62. The van der Waals surface area contributed by atoms with Crippen molar-refractivity contribution >= 4 is 72.4 Å². The first kappa shape index (κ1) is 23.3. The van der Waals surface area contributed by atoms with Gasteiger partial charge in [-0.15, -0.1) is 0 Å². The monoisotopic (exact) mass is 575 g/mol. The number of para-hydroxylation sites is 1. The molecule has 1 heterocycles. The average molecular weight is 575 g/mol. The van der Waals surface area contributed by atoms with Gasteiger partial charge in [-0.05, 0) is 0 Å². The van der Waals surface area contributed by atoms with Gasteiger partial charge >= 0.3 is 234 Å². The summed E-state index contributed by atoms with van der Waals surface area (Å²) in [7, 11) is 0. The summed E-state index contributed by atoms with van der Waals surface area (Å²) in [5.74, 6) is 0. The molecule has 0 atom stereocenters. The third-order valence-electron chi connectivity index (χ3n) is 7.83. The standard InChI is InChI=1S/C38H25NSe/c1-3-11-26(12-4-1)27-19-21-30(22-20-27)39(29-14-5-2-6-15-29)35-25-28-13-7-8-16-31(28)37-34(35)24-23-33-32-17-9-10-18-36(32)40-38(33)37/h1-25H. The van der Waals surface area contributed by atoms with E-state index in [-0.39, 0.29) is 14.5 Å². The van der Waals surface area contributed by atoms with Crippen LogP contribution in [0.5, 0.6) is 0 Å². The van der Waals surface area contributed by atoms with Gasteiger partial charge < -0.3 is 0 Å². The van der Waals surface area contributed by atoms with E-state index in [2.05, 4.69) is 157 Å². The Labute approximate surface area is 239 Å². The molecular weight excluding hydrogens is 549 g/mol. The molecule has 0 aliphatic carbocycles. The van der Waals surface area contributed by atoms with Crippen LogP contribution in [-0.2, 0) is 0 Å². The number of hydrogen-bond acceptors (Lipinski definition) is 1. The fourth-order valence-electron chi connectivity index (χ4n) is 5.97. The molecule has 188 valence electrons. The predicted octanol–water partition coefficient (Wildman–Crippen LogP) is 10.5. The maximum absolute atomic E-state index is 2.42. The normalized spacial score (nSPS) is 11.5. The fraction of sp³-hybridized carbons (Fsp3) is 0. The topological polar surface area (TPSA) is 3.24 Å². The van der Waals surface area contributed by atoms with E-state index in [9.17, 15) is 0 Å². The second-order valence-corrected chi connectivity index (χ2v) is 12.4. The summed E-state index contributed by atoms with van der Waals surface area (Å²) in [6.07, 6.45) is 0. The second-order valence-electron chi connectivity index (χ2n) is 10.2. The summed E-state index contributed by atoms with van der Waals surface area (Å²) in [6.45, 7) is 0. The van der Waals surface area contributed by atoms with E-state index in [1.807, 2.05) is 0 Å². The molecule has 0 fully saturated rings. The van der Waals surface area contributed by atoms with Crippen LogP contribution in [-0.4, -0.2) is 14.5 Å². The molecule has 0 saturated carbocycles. The van der Waals surface area contributed by atoms with Crippen molar-refractivity contribution in [3.63, 3.8) is 0 Å². The molecule has 0 aliphatic heterocycles. The van der Waals surface area contributed by atoms with Gasteiger partial charge in [-0.25, -0.2) is 0 Å². The Morgan fingerprint density at radius 3 is 1.82 bits per heavy atom. The second kappa shape index (κ2) is 9.54. The van der Waals surface area contributed by atoms with Crippen molar-refractivity contribution in [1.82, 2.24) is 0 Å². The quantitative estimate of drug-likeness (QED) is 0.149. The Bertz CT molecular complexity index is 2140. The molecule has 8 aromatic rings. The van der Waals surface area contributed by atoms with E-state index in [1.165, 1.54) is 57.7 Å². The molecule has 0 saturated heterocycles. The third kappa shape index (κ3) is 3.77. The molecule has 1 aromatic heterocycles. The molecule has 40 heavy (non-hydrogen) atoms. The van der Waals surface area contributed by atoms with Crippen LogP contribution in [0.15, 0.2) is 152 Å². The van der Waals surface area contributed by atoms with Crippen LogP contribution in [0.2, 0.25) is 0 Å². The van der Waals surface area contributed by atoms with Crippen molar-refractivity contribution in [1.29, 1.82) is 0 Å². The summed E-state index contributed by atoms with van der Waals surface area (Å²) in [6, 6.07) is 55.2. The molecule has 0 bridgehead atoms. The van der Waals surface area contributed by atoms with E-state index in [0.29, 0.717) is 0 Å². The van der Waals surface area contributed by atoms with Crippen LogP contribution in [0.25, 0.3) is 52.0 Å². The van der Waals surface area contributed by atoms with Crippen LogP contribution in [0.1, 0.15) is 0 Å². The van der Waals surface area contributed by atoms with Gasteiger partial charge in [0.15, 0.2) is 0 Å². The number of nitrogens with zero attached hydrogens (tertiary/aromatic N) is 1. The minimum absolute atomic E-state index is 0.266. The molecule has 1 nitrogen and oxygen atoms in total. The van der Waals surface area contributed by atoms with Crippen molar-refractivity contribution in [3.05, 3.63) is 152 Å². The van der Waals surface area contributed by atoms with Gasteiger partial charge in [-0.3, -0.25) is 0 Å². The van der Waals surface area contributed by atoms with E-state index in [0.717, 1.165) is 11.4 Å².